The summed E-state index contributed by atoms with van der Waals surface area (Å²) in [5.41, 5.74) is 0.867. The molecule has 1 N–H and O–H groups in total. The largest absolute Gasteiger partial charge is 0.373 e. The number of amides is 1. The second kappa shape index (κ2) is 7.22. The third-order valence-corrected chi connectivity index (χ3v) is 4.54. The van der Waals surface area contributed by atoms with Gasteiger partial charge < -0.3 is 14.8 Å². The predicted molar refractivity (Wildman–Crippen MR) is 83.5 cm³/mol. The molecule has 0 aliphatic carbocycles. The number of hydrogen-bond donors (Lipinski definition) is 1. The van der Waals surface area contributed by atoms with E-state index in [1.165, 1.54) is 12.8 Å². The quantitative estimate of drug-likeness (QED) is 0.892. The molecule has 0 saturated carbocycles. The van der Waals surface area contributed by atoms with Crippen molar-refractivity contribution in [2.45, 2.75) is 31.1 Å². The van der Waals surface area contributed by atoms with Gasteiger partial charge in [0.1, 0.15) is 0 Å². The maximum atomic E-state index is 12.3. The molecule has 1 aromatic carbocycles. The van der Waals surface area contributed by atoms with Gasteiger partial charge in [-0.2, -0.15) is 0 Å². The second-order valence-electron chi connectivity index (χ2n) is 6.02. The molecule has 2 heterocycles. The smallest absolute Gasteiger partial charge is 0.253 e. The molecule has 1 amide bonds. The average molecular weight is 304 g/mol. The van der Waals surface area contributed by atoms with Crippen LogP contribution in [-0.4, -0.2) is 56.3 Å². The zero-order chi connectivity index (χ0) is 15.4. The summed E-state index contributed by atoms with van der Waals surface area (Å²) < 4.78 is 11.2. The monoisotopic (exact) mass is 304 g/mol. The predicted octanol–water partition coefficient (Wildman–Crippen LogP) is 1.35. The van der Waals surface area contributed by atoms with Gasteiger partial charge >= 0.3 is 0 Å². The summed E-state index contributed by atoms with van der Waals surface area (Å²) in [6, 6.07) is 10.1. The molecule has 1 aromatic rings. The number of benzene rings is 1. The van der Waals surface area contributed by atoms with Crippen LogP contribution in [0.4, 0.5) is 0 Å². The van der Waals surface area contributed by atoms with Crippen LogP contribution >= 0.6 is 0 Å². The van der Waals surface area contributed by atoms with E-state index in [1.807, 2.05) is 30.3 Å². The molecule has 5 nitrogen and oxygen atoms in total. The number of carbonyl (C=O) groups is 1. The van der Waals surface area contributed by atoms with Gasteiger partial charge in [-0.3, -0.25) is 9.69 Å². The molecule has 0 aromatic heterocycles. The molecular weight excluding hydrogens is 280 g/mol. The molecule has 22 heavy (non-hydrogen) atoms. The molecule has 0 spiro atoms. The third kappa shape index (κ3) is 3.48. The van der Waals surface area contributed by atoms with Crippen LogP contribution < -0.4 is 5.32 Å². The first-order chi connectivity index (χ1) is 10.8. The first kappa shape index (κ1) is 15.5. The van der Waals surface area contributed by atoms with E-state index in [-0.39, 0.29) is 12.0 Å². The normalized spacial score (nSPS) is 26.4. The number of hydrogen-bond acceptors (Lipinski definition) is 4. The van der Waals surface area contributed by atoms with Gasteiger partial charge in [-0.15, -0.1) is 0 Å². The zero-order valence-electron chi connectivity index (χ0n) is 13.0. The van der Waals surface area contributed by atoms with E-state index in [4.69, 9.17) is 9.47 Å². The number of rotatable bonds is 5. The summed E-state index contributed by atoms with van der Waals surface area (Å²) in [4.78, 5) is 14.8. The van der Waals surface area contributed by atoms with Crippen molar-refractivity contribution >= 4 is 5.91 Å². The minimum Gasteiger partial charge on any atom is -0.373 e. The Labute approximate surface area is 131 Å². The van der Waals surface area contributed by atoms with E-state index in [0.717, 1.165) is 25.3 Å². The van der Waals surface area contributed by atoms with E-state index >= 15 is 0 Å². The molecule has 3 unspecified atom stereocenters. The third-order valence-electron chi connectivity index (χ3n) is 4.54. The van der Waals surface area contributed by atoms with Crippen molar-refractivity contribution in [1.82, 2.24) is 10.2 Å². The summed E-state index contributed by atoms with van der Waals surface area (Å²) >= 11 is 0. The average Bonchev–Trinajstić information content (AvgIpc) is 3.02. The fraction of sp³-hybridized carbons (Fsp3) is 0.588. The van der Waals surface area contributed by atoms with Gasteiger partial charge in [0.05, 0.1) is 12.7 Å². The maximum Gasteiger partial charge on any atom is 0.253 e. The summed E-state index contributed by atoms with van der Waals surface area (Å²) in [6.45, 7) is 3.39. The van der Waals surface area contributed by atoms with Crippen molar-refractivity contribution in [1.29, 1.82) is 0 Å². The summed E-state index contributed by atoms with van der Waals surface area (Å²) in [5.74, 6) is -0.110. The van der Waals surface area contributed by atoms with Crippen LogP contribution in [0.2, 0.25) is 0 Å². The van der Waals surface area contributed by atoms with Crippen molar-refractivity contribution in [2.24, 2.45) is 0 Å². The molecule has 120 valence electrons. The molecule has 3 rings (SSSR count). The number of nitrogens with one attached hydrogen (secondary N) is 1. The Morgan fingerprint density at radius 1 is 1.45 bits per heavy atom. The van der Waals surface area contributed by atoms with Crippen LogP contribution in [0.5, 0.6) is 0 Å². The van der Waals surface area contributed by atoms with Crippen LogP contribution in [0.1, 0.15) is 24.5 Å². The van der Waals surface area contributed by atoms with Crippen LogP contribution in [0.15, 0.2) is 30.3 Å². The van der Waals surface area contributed by atoms with E-state index in [9.17, 15) is 4.79 Å². The second-order valence-corrected chi connectivity index (χ2v) is 6.02. The van der Waals surface area contributed by atoms with Crippen molar-refractivity contribution < 1.29 is 14.3 Å². The highest BCUT2D eigenvalue weighted by atomic mass is 16.5. The van der Waals surface area contributed by atoms with Crippen LogP contribution in [0, 0.1) is 0 Å². The number of ether oxygens (including phenoxy) is 2. The Balaban J connectivity index is 1.51. The Morgan fingerprint density at radius 2 is 2.27 bits per heavy atom. The molecule has 2 saturated heterocycles. The Kier molecular flexibility index (Phi) is 5.08. The highest BCUT2D eigenvalue weighted by Crippen LogP contribution is 2.22. The molecule has 0 bridgehead atoms. The number of carbonyl (C=O) groups excluding carboxylic acids is 1. The highest BCUT2D eigenvalue weighted by Gasteiger charge is 2.32. The molecule has 2 aliphatic rings. The molecule has 5 heteroatoms. The molecular formula is C17H24N2O3. The first-order valence-corrected chi connectivity index (χ1v) is 7.99. The van der Waals surface area contributed by atoms with Gasteiger partial charge in [0.2, 0.25) is 0 Å². The van der Waals surface area contributed by atoms with Gasteiger partial charge in [-0.25, -0.2) is 0 Å². The molecule has 0 radical (unpaired) electrons. The molecule has 3 atom stereocenters. The summed E-state index contributed by atoms with van der Waals surface area (Å²) in [5, 5.41) is 2.97. The zero-order valence-corrected chi connectivity index (χ0v) is 13.0. The fourth-order valence-corrected chi connectivity index (χ4v) is 3.34. The minimum absolute atomic E-state index is 0.0755. The van der Waals surface area contributed by atoms with Gasteiger partial charge in [0.25, 0.3) is 5.91 Å². The van der Waals surface area contributed by atoms with E-state index in [0.29, 0.717) is 12.6 Å². The van der Waals surface area contributed by atoms with Crippen LogP contribution in [0.25, 0.3) is 0 Å². The topological polar surface area (TPSA) is 50.8 Å². The number of morpholine rings is 1. The highest BCUT2D eigenvalue weighted by molar-refractivity contribution is 5.82. The standard InChI is InChI=1S/C17H24N2O3/c1-21-16(13-6-3-2-4-7-13)17(20)18-10-15-11-19-9-5-8-14(19)12-22-15/h2-4,6-7,14-16H,5,8-12H2,1H3,(H,18,20). The number of methoxy groups -OCH3 is 1. The maximum absolute atomic E-state index is 12.3. The lowest BCUT2D eigenvalue weighted by Crippen LogP contribution is -2.50. The van der Waals surface area contributed by atoms with Gasteiger partial charge in [-0.05, 0) is 24.9 Å². The first-order valence-electron chi connectivity index (χ1n) is 7.99. The van der Waals surface area contributed by atoms with E-state index in [2.05, 4.69) is 10.2 Å². The summed E-state index contributed by atoms with van der Waals surface area (Å²) in [7, 11) is 1.56. The van der Waals surface area contributed by atoms with E-state index < -0.39 is 6.10 Å². The lowest BCUT2D eigenvalue weighted by molar-refractivity contribution is -0.132. The van der Waals surface area contributed by atoms with Crippen LogP contribution in [0.3, 0.4) is 0 Å². The van der Waals surface area contributed by atoms with Crippen molar-refractivity contribution in [3.63, 3.8) is 0 Å². The molecule has 2 aliphatic heterocycles. The van der Waals surface area contributed by atoms with Crippen molar-refractivity contribution in [3.05, 3.63) is 35.9 Å². The van der Waals surface area contributed by atoms with Crippen molar-refractivity contribution in [3.8, 4) is 0 Å². The number of nitrogens with zero attached hydrogens (tertiary/aromatic N) is 1. The summed E-state index contributed by atoms with van der Waals surface area (Å²) in [6.07, 6.45) is 2.00. The lowest BCUT2D eigenvalue weighted by atomic mass is 10.1. The Morgan fingerprint density at radius 3 is 3.05 bits per heavy atom. The van der Waals surface area contributed by atoms with Gasteiger partial charge in [-0.1, -0.05) is 30.3 Å². The van der Waals surface area contributed by atoms with Gasteiger partial charge in [0, 0.05) is 26.2 Å². The Bertz CT molecular complexity index is 494. The molecule has 2 fully saturated rings. The Hall–Kier alpha value is -1.43. The fourth-order valence-electron chi connectivity index (χ4n) is 3.34. The lowest BCUT2D eigenvalue weighted by Gasteiger charge is -2.35. The van der Waals surface area contributed by atoms with Gasteiger partial charge in [0.15, 0.2) is 6.10 Å². The SMILES string of the molecule is COC(C(=O)NCC1CN2CCCC2CO1)c1ccccc1. The van der Waals surface area contributed by atoms with Crippen molar-refractivity contribution in [2.75, 3.05) is 33.4 Å². The minimum atomic E-state index is -0.565. The van der Waals surface area contributed by atoms with Crippen LogP contribution in [-0.2, 0) is 14.3 Å². The van der Waals surface area contributed by atoms with E-state index in [1.54, 1.807) is 7.11 Å². The number of fused-ring (bicyclic) bond motifs is 1.